The molecule has 2 aromatic carbocycles. The average Bonchev–Trinajstić information content (AvgIpc) is 2.77. The highest BCUT2D eigenvalue weighted by Gasteiger charge is 2.26. The quantitative estimate of drug-likeness (QED) is 0.497. The lowest BCUT2D eigenvalue weighted by Crippen LogP contribution is -2.47. The maximum Gasteiger partial charge on any atom is 0.242 e. The van der Waals surface area contributed by atoms with E-state index in [4.69, 9.17) is 11.6 Å². The molecule has 0 heterocycles. The molecule has 0 fully saturated rings. The van der Waals surface area contributed by atoms with Gasteiger partial charge in [0.05, 0.1) is 11.9 Å². The smallest absolute Gasteiger partial charge is 0.242 e. The third-order valence-electron chi connectivity index (χ3n) is 5.57. The second kappa shape index (κ2) is 12.2. The number of nitrogens with one attached hydrogen (secondary N) is 1. The molecule has 0 saturated heterocycles. The van der Waals surface area contributed by atoms with Crippen LogP contribution in [0.4, 0.5) is 5.69 Å². The highest BCUT2D eigenvalue weighted by molar-refractivity contribution is 7.92. The summed E-state index contributed by atoms with van der Waals surface area (Å²) in [7, 11) is -3.53. The van der Waals surface area contributed by atoms with Crippen LogP contribution in [0.15, 0.2) is 42.5 Å². The molecule has 186 valence electrons. The maximum atomic E-state index is 13.2. The molecule has 1 N–H and O–H groups in total. The van der Waals surface area contributed by atoms with E-state index in [-0.39, 0.29) is 31.3 Å². The largest absolute Gasteiger partial charge is 0.355 e. The summed E-state index contributed by atoms with van der Waals surface area (Å²) in [6, 6.07) is 12.1. The molecule has 0 aliphatic carbocycles. The third kappa shape index (κ3) is 7.74. The molecule has 2 aromatic rings. The van der Waals surface area contributed by atoms with Gasteiger partial charge in [-0.15, -0.1) is 0 Å². The average molecular weight is 508 g/mol. The number of rotatable bonds is 11. The Morgan fingerprint density at radius 1 is 1.09 bits per heavy atom. The fourth-order valence-corrected chi connectivity index (χ4v) is 4.80. The van der Waals surface area contributed by atoms with E-state index in [9.17, 15) is 18.0 Å². The molecular weight excluding hydrogens is 474 g/mol. The Kier molecular flexibility index (Phi) is 9.94. The topological polar surface area (TPSA) is 86.8 Å². The van der Waals surface area contributed by atoms with Crippen molar-refractivity contribution in [2.24, 2.45) is 0 Å². The van der Waals surface area contributed by atoms with Crippen LogP contribution in [-0.4, -0.2) is 50.5 Å². The zero-order valence-corrected chi connectivity index (χ0v) is 22.0. The zero-order valence-electron chi connectivity index (χ0n) is 20.5. The van der Waals surface area contributed by atoms with Crippen LogP contribution < -0.4 is 9.62 Å². The lowest BCUT2D eigenvalue weighted by atomic mass is 10.1. The Balaban J connectivity index is 2.18. The second-order valence-corrected chi connectivity index (χ2v) is 10.8. The van der Waals surface area contributed by atoms with Crippen molar-refractivity contribution < 1.29 is 18.0 Å². The van der Waals surface area contributed by atoms with Gasteiger partial charge in [-0.2, -0.15) is 0 Å². The lowest BCUT2D eigenvalue weighted by molar-refractivity contribution is -0.140. The van der Waals surface area contributed by atoms with Crippen molar-refractivity contribution in [3.63, 3.8) is 0 Å². The number of benzene rings is 2. The molecular formula is C25H34ClN3O4S. The van der Waals surface area contributed by atoms with Crippen molar-refractivity contribution in [3.05, 3.63) is 64.2 Å². The van der Waals surface area contributed by atoms with E-state index in [1.165, 1.54) is 15.5 Å². The van der Waals surface area contributed by atoms with Gasteiger partial charge in [-0.05, 0) is 69.0 Å². The van der Waals surface area contributed by atoms with E-state index in [0.29, 0.717) is 23.7 Å². The van der Waals surface area contributed by atoms with Crippen LogP contribution in [0.5, 0.6) is 0 Å². The molecule has 2 amide bonds. The third-order valence-corrected chi connectivity index (χ3v) is 7.00. The molecule has 1 atom stereocenters. The van der Waals surface area contributed by atoms with E-state index in [0.717, 1.165) is 16.7 Å². The van der Waals surface area contributed by atoms with Gasteiger partial charge in [0.2, 0.25) is 21.8 Å². The Morgan fingerprint density at radius 3 is 2.32 bits per heavy atom. The second-order valence-electron chi connectivity index (χ2n) is 8.45. The van der Waals surface area contributed by atoms with Gasteiger partial charge in [0.25, 0.3) is 0 Å². The van der Waals surface area contributed by atoms with Gasteiger partial charge < -0.3 is 10.2 Å². The molecule has 0 aromatic heterocycles. The predicted octanol–water partition coefficient (Wildman–Crippen LogP) is 4.06. The van der Waals surface area contributed by atoms with Crippen LogP contribution in [0.2, 0.25) is 5.02 Å². The minimum absolute atomic E-state index is 0.105. The highest BCUT2D eigenvalue weighted by atomic mass is 35.5. The summed E-state index contributed by atoms with van der Waals surface area (Å²) >= 11 is 5.97. The van der Waals surface area contributed by atoms with Crippen molar-refractivity contribution in [1.82, 2.24) is 10.2 Å². The van der Waals surface area contributed by atoms with E-state index in [2.05, 4.69) is 5.32 Å². The van der Waals surface area contributed by atoms with Gasteiger partial charge in [-0.3, -0.25) is 13.9 Å². The van der Waals surface area contributed by atoms with Crippen molar-refractivity contribution >= 4 is 39.1 Å². The first-order valence-corrected chi connectivity index (χ1v) is 13.5. The summed E-state index contributed by atoms with van der Waals surface area (Å²) in [5.74, 6) is -0.457. The summed E-state index contributed by atoms with van der Waals surface area (Å²) in [5.41, 5.74) is 3.26. The molecule has 0 unspecified atom stereocenters. The number of halogens is 1. The number of hydrogen-bond donors (Lipinski definition) is 1. The normalized spacial score (nSPS) is 12.2. The van der Waals surface area contributed by atoms with Crippen LogP contribution in [0.25, 0.3) is 0 Å². The van der Waals surface area contributed by atoms with Crippen molar-refractivity contribution in [1.29, 1.82) is 0 Å². The van der Waals surface area contributed by atoms with Crippen molar-refractivity contribution in [2.45, 2.75) is 53.1 Å². The lowest BCUT2D eigenvalue weighted by Gasteiger charge is -2.29. The van der Waals surface area contributed by atoms with Gasteiger partial charge in [-0.1, -0.05) is 35.9 Å². The van der Waals surface area contributed by atoms with Crippen LogP contribution in [-0.2, 0) is 26.2 Å². The molecule has 0 saturated carbocycles. The molecule has 0 bridgehead atoms. The number of hydrogen-bond acceptors (Lipinski definition) is 4. The monoisotopic (exact) mass is 507 g/mol. The van der Waals surface area contributed by atoms with Gasteiger partial charge in [0, 0.05) is 31.1 Å². The zero-order chi connectivity index (χ0) is 25.5. The number of carbonyl (C=O) groups is 2. The fraction of sp³-hybridized carbons (Fsp3) is 0.440. The summed E-state index contributed by atoms with van der Waals surface area (Å²) in [4.78, 5) is 27.2. The minimum Gasteiger partial charge on any atom is -0.355 e. The van der Waals surface area contributed by atoms with Crippen molar-refractivity contribution in [2.75, 3.05) is 23.7 Å². The molecule has 34 heavy (non-hydrogen) atoms. The van der Waals surface area contributed by atoms with Crippen LogP contribution in [0.1, 0.15) is 43.4 Å². The van der Waals surface area contributed by atoms with Crippen molar-refractivity contribution in [3.8, 4) is 0 Å². The first-order chi connectivity index (χ1) is 15.9. The van der Waals surface area contributed by atoms with E-state index in [1.807, 2.05) is 51.1 Å². The first-order valence-electron chi connectivity index (χ1n) is 11.3. The Hall–Kier alpha value is -2.58. The summed E-state index contributed by atoms with van der Waals surface area (Å²) in [5, 5.41) is 3.35. The first kappa shape index (κ1) is 27.7. The molecule has 0 aliphatic heterocycles. The number of aryl methyl sites for hydroxylation is 2. The number of sulfonamides is 1. The Bertz CT molecular complexity index is 1100. The van der Waals surface area contributed by atoms with Gasteiger partial charge >= 0.3 is 0 Å². The maximum absolute atomic E-state index is 13.2. The molecule has 2 rings (SSSR count). The van der Waals surface area contributed by atoms with E-state index < -0.39 is 16.1 Å². The number of nitrogens with zero attached hydrogens (tertiary/aromatic N) is 2. The molecule has 0 spiro atoms. The Labute approximate surface area is 208 Å². The standard InChI is InChI=1S/C25H34ClN3O4S/c1-6-27-25(31)20(4)28(17-21-11-13-22(26)14-12-21)24(30)8-7-15-29(34(5,32)33)23-16-18(2)9-10-19(23)3/h9-14,16,20H,6-8,15,17H2,1-5H3,(H,27,31)/t20-/m1/s1. The fourth-order valence-electron chi connectivity index (χ4n) is 3.66. The summed E-state index contributed by atoms with van der Waals surface area (Å²) < 4.78 is 26.4. The van der Waals surface area contributed by atoms with Crippen LogP contribution in [0.3, 0.4) is 0 Å². The van der Waals surface area contributed by atoms with Crippen LogP contribution >= 0.6 is 11.6 Å². The molecule has 9 heteroatoms. The summed E-state index contributed by atoms with van der Waals surface area (Å²) in [6.45, 7) is 8.16. The molecule has 0 radical (unpaired) electrons. The molecule has 7 nitrogen and oxygen atoms in total. The predicted molar refractivity (Wildman–Crippen MR) is 137 cm³/mol. The van der Waals surface area contributed by atoms with Crippen LogP contribution in [0, 0.1) is 13.8 Å². The SMILES string of the molecule is CCNC(=O)[C@@H](C)N(Cc1ccc(Cl)cc1)C(=O)CCCN(c1cc(C)ccc1C)S(C)(=O)=O. The molecule has 0 aliphatic rings. The minimum atomic E-state index is -3.53. The van der Waals surface area contributed by atoms with Gasteiger partial charge in [0.1, 0.15) is 6.04 Å². The van der Waals surface area contributed by atoms with E-state index >= 15 is 0 Å². The number of amides is 2. The van der Waals surface area contributed by atoms with E-state index in [1.54, 1.807) is 19.1 Å². The highest BCUT2D eigenvalue weighted by Crippen LogP contribution is 2.24. The number of carbonyl (C=O) groups excluding carboxylic acids is 2. The van der Waals surface area contributed by atoms with Gasteiger partial charge in [-0.25, -0.2) is 8.42 Å². The van der Waals surface area contributed by atoms with Gasteiger partial charge in [0.15, 0.2) is 0 Å². The summed E-state index contributed by atoms with van der Waals surface area (Å²) in [6.07, 6.45) is 1.59. The number of likely N-dealkylation sites (N-methyl/N-ethyl adjacent to an activating group) is 1. The number of anilines is 1. The Morgan fingerprint density at radius 2 is 1.74 bits per heavy atom.